The lowest BCUT2D eigenvalue weighted by Gasteiger charge is -2.13. The number of quaternary nitrogens is 1. The third kappa shape index (κ3) is 3.83. The Morgan fingerprint density at radius 2 is 2.05 bits per heavy atom. The predicted octanol–water partition coefficient (Wildman–Crippen LogP) is 1.96. The van der Waals surface area contributed by atoms with E-state index >= 15 is 0 Å². The van der Waals surface area contributed by atoms with Crippen molar-refractivity contribution in [3.05, 3.63) is 41.9 Å². The second kappa shape index (κ2) is 5.98. The Balaban J connectivity index is 2.35. The molecule has 2 rings (SSSR count). The quantitative estimate of drug-likeness (QED) is 0.667. The molecule has 112 valence electrons. The fraction of sp³-hybridized carbons (Fsp3) is 0.154. The van der Waals surface area contributed by atoms with Crippen molar-refractivity contribution in [3.8, 4) is 16.9 Å². The van der Waals surface area contributed by atoms with Gasteiger partial charge in [-0.25, -0.2) is 0 Å². The number of benzene rings is 1. The van der Waals surface area contributed by atoms with Crippen LogP contribution >= 0.6 is 0 Å². The molecule has 0 spiro atoms. The Morgan fingerprint density at radius 3 is 2.71 bits per heavy atom. The Labute approximate surface area is 118 Å². The normalized spacial score (nSPS) is 11.4. The van der Waals surface area contributed by atoms with Crippen LogP contribution in [-0.4, -0.2) is 17.8 Å². The Hall–Kier alpha value is -2.32. The van der Waals surface area contributed by atoms with Gasteiger partial charge in [-0.15, -0.1) is 0 Å². The van der Waals surface area contributed by atoms with Gasteiger partial charge in [0, 0.05) is 17.8 Å². The minimum Gasteiger partial charge on any atom is -0.630 e. The third-order valence-corrected chi connectivity index (χ3v) is 2.70. The van der Waals surface area contributed by atoms with E-state index in [4.69, 9.17) is 10.5 Å². The van der Waals surface area contributed by atoms with Crippen LogP contribution in [-0.2, 0) is 0 Å². The number of aromatic nitrogens is 1. The molecular formula is C13H12F3N3O2. The largest absolute Gasteiger partial charge is 0.630 e. The molecule has 0 saturated carbocycles. The summed E-state index contributed by atoms with van der Waals surface area (Å²) in [5.41, 5.74) is 7.66. The van der Waals surface area contributed by atoms with E-state index in [0.29, 0.717) is 22.3 Å². The highest BCUT2D eigenvalue weighted by Crippen LogP contribution is 2.32. The average Bonchev–Trinajstić information content (AvgIpc) is 2.45. The molecule has 0 fully saturated rings. The first-order valence-electron chi connectivity index (χ1n) is 5.89. The number of hydrogen-bond acceptors (Lipinski definition) is 4. The number of nitrogens with zero attached hydrogens (tertiary/aromatic N) is 1. The zero-order valence-corrected chi connectivity index (χ0v) is 10.7. The number of halogens is 3. The summed E-state index contributed by atoms with van der Waals surface area (Å²) in [7, 11) is 0. The molecule has 0 saturated heterocycles. The van der Waals surface area contributed by atoms with Gasteiger partial charge in [0.2, 0.25) is 0 Å². The summed E-state index contributed by atoms with van der Waals surface area (Å²) in [4.78, 5) is 3.75. The van der Waals surface area contributed by atoms with Gasteiger partial charge in [0.15, 0.2) is 12.3 Å². The van der Waals surface area contributed by atoms with Crippen molar-refractivity contribution in [3.63, 3.8) is 0 Å². The first-order chi connectivity index (χ1) is 9.90. The predicted molar refractivity (Wildman–Crippen MR) is 70.6 cm³/mol. The molecule has 0 aliphatic carbocycles. The molecule has 0 radical (unpaired) electrons. The SMILES string of the molecule is Nc1ccc(-c2ccncc2OCC(F)(F)F)cc1[NH2+][O-]. The van der Waals surface area contributed by atoms with E-state index in [1.807, 2.05) is 0 Å². The molecule has 1 aromatic carbocycles. The van der Waals surface area contributed by atoms with Crippen LogP contribution in [0.4, 0.5) is 24.5 Å². The number of rotatable bonds is 4. The first-order valence-corrected chi connectivity index (χ1v) is 5.89. The number of nitrogen functional groups attached to an aromatic ring is 1. The van der Waals surface area contributed by atoms with Crippen LogP contribution in [0.2, 0.25) is 0 Å². The molecule has 1 heterocycles. The minimum absolute atomic E-state index is 0.0172. The molecule has 0 aliphatic heterocycles. The first kappa shape index (κ1) is 15.1. The maximum absolute atomic E-state index is 12.2. The highest BCUT2D eigenvalue weighted by molar-refractivity contribution is 5.75. The standard InChI is InChI=1S/C13H12F3N3O2/c14-13(15,16)7-21-12-6-18-4-3-9(12)8-1-2-10(17)11(5-8)19-20/h1-6H,7,17,19H2. The van der Waals surface area contributed by atoms with Crippen molar-refractivity contribution in [2.24, 2.45) is 0 Å². The fourth-order valence-corrected chi connectivity index (χ4v) is 1.74. The molecule has 8 heteroatoms. The number of nitrogens with two attached hydrogens (primary N) is 2. The molecule has 2 aromatic rings. The number of anilines is 1. The number of ether oxygens (including phenoxy) is 1. The molecule has 4 N–H and O–H groups in total. The average molecular weight is 299 g/mol. The molecule has 0 unspecified atom stereocenters. The molecular weight excluding hydrogens is 287 g/mol. The Bertz CT molecular complexity index is 632. The smallest absolute Gasteiger partial charge is 0.422 e. The molecule has 0 amide bonds. The molecule has 0 bridgehead atoms. The van der Waals surface area contributed by atoms with Crippen molar-refractivity contribution < 1.29 is 23.4 Å². The molecule has 0 aliphatic rings. The van der Waals surface area contributed by atoms with Gasteiger partial charge in [-0.2, -0.15) is 13.2 Å². The lowest BCUT2D eigenvalue weighted by Crippen LogP contribution is -2.70. The van der Waals surface area contributed by atoms with Crippen molar-refractivity contribution >= 4 is 11.4 Å². The number of alkyl halides is 3. The van der Waals surface area contributed by atoms with E-state index in [-0.39, 0.29) is 11.4 Å². The van der Waals surface area contributed by atoms with Gasteiger partial charge in [-0.05, 0) is 17.7 Å². The Kier molecular flexibility index (Phi) is 4.29. The van der Waals surface area contributed by atoms with Crippen LogP contribution in [0.1, 0.15) is 0 Å². The van der Waals surface area contributed by atoms with Crippen molar-refractivity contribution in [2.75, 3.05) is 12.3 Å². The van der Waals surface area contributed by atoms with Gasteiger partial charge in [0.1, 0.15) is 5.75 Å². The summed E-state index contributed by atoms with van der Waals surface area (Å²) in [6, 6.07) is 6.09. The van der Waals surface area contributed by atoms with Crippen molar-refractivity contribution in [1.29, 1.82) is 0 Å². The zero-order chi connectivity index (χ0) is 15.5. The van der Waals surface area contributed by atoms with E-state index in [2.05, 4.69) is 4.98 Å². The summed E-state index contributed by atoms with van der Waals surface area (Å²) in [5, 5.41) is 10.9. The Morgan fingerprint density at radius 1 is 1.29 bits per heavy atom. The van der Waals surface area contributed by atoms with E-state index in [1.54, 1.807) is 6.07 Å². The summed E-state index contributed by atoms with van der Waals surface area (Å²) >= 11 is 0. The van der Waals surface area contributed by atoms with E-state index in [1.165, 1.54) is 30.6 Å². The molecule has 21 heavy (non-hydrogen) atoms. The highest BCUT2D eigenvalue weighted by Gasteiger charge is 2.29. The van der Waals surface area contributed by atoms with Gasteiger partial charge in [-0.1, -0.05) is 6.07 Å². The topological polar surface area (TPSA) is 87.8 Å². The van der Waals surface area contributed by atoms with Gasteiger partial charge in [-0.3, -0.25) is 4.98 Å². The van der Waals surface area contributed by atoms with E-state index in [9.17, 15) is 18.4 Å². The van der Waals surface area contributed by atoms with Crippen LogP contribution in [0, 0.1) is 5.21 Å². The number of hydrogen-bond donors (Lipinski definition) is 2. The van der Waals surface area contributed by atoms with Gasteiger partial charge in [0.05, 0.1) is 11.9 Å². The molecule has 1 aromatic heterocycles. The fourth-order valence-electron chi connectivity index (χ4n) is 1.74. The molecule has 5 nitrogen and oxygen atoms in total. The summed E-state index contributed by atoms with van der Waals surface area (Å²) in [6.45, 7) is -1.42. The second-order valence-corrected chi connectivity index (χ2v) is 4.24. The van der Waals surface area contributed by atoms with E-state index < -0.39 is 12.8 Å². The van der Waals surface area contributed by atoms with Crippen LogP contribution < -0.4 is 16.0 Å². The summed E-state index contributed by atoms with van der Waals surface area (Å²) < 4.78 is 41.5. The summed E-state index contributed by atoms with van der Waals surface area (Å²) in [6.07, 6.45) is -1.83. The number of pyridine rings is 1. The maximum Gasteiger partial charge on any atom is 0.422 e. The molecule has 0 atom stereocenters. The van der Waals surface area contributed by atoms with Crippen LogP contribution in [0.15, 0.2) is 36.7 Å². The van der Waals surface area contributed by atoms with Crippen molar-refractivity contribution in [1.82, 2.24) is 4.98 Å². The second-order valence-electron chi connectivity index (χ2n) is 4.24. The third-order valence-electron chi connectivity index (χ3n) is 2.70. The monoisotopic (exact) mass is 299 g/mol. The van der Waals surface area contributed by atoms with Gasteiger partial charge >= 0.3 is 6.18 Å². The maximum atomic E-state index is 12.2. The zero-order valence-electron chi connectivity index (χ0n) is 10.7. The minimum atomic E-state index is -4.44. The lowest BCUT2D eigenvalue weighted by atomic mass is 10.0. The van der Waals surface area contributed by atoms with Crippen molar-refractivity contribution in [2.45, 2.75) is 6.18 Å². The van der Waals surface area contributed by atoms with Gasteiger partial charge in [0.25, 0.3) is 0 Å². The highest BCUT2D eigenvalue weighted by atomic mass is 19.4. The van der Waals surface area contributed by atoms with E-state index in [0.717, 1.165) is 0 Å². The van der Waals surface area contributed by atoms with Crippen LogP contribution in [0.5, 0.6) is 5.75 Å². The van der Waals surface area contributed by atoms with Crippen LogP contribution in [0.3, 0.4) is 0 Å². The summed E-state index contributed by atoms with van der Waals surface area (Å²) in [5.74, 6) is -0.0172. The van der Waals surface area contributed by atoms with Gasteiger partial charge < -0.3 is 21.2 Å². The van der Waals surface area contributed by atoms with Crippen LogP contribution in [0.25, 0.3) is 11.1 Å². The lowest BCUT2D eigenvalue weighted by molar-refractivity contribution is -0.496.